The van der Waals surface area contributed by atoms with Crippen LogP contribution in [0.5, 0.6) is 0 Å². The highest BCUT2D eigenvalue weighted by atomic mass is 32.1. The van der Waals surface area contributed by atoms with E-state index in [1.54, 1.807) is 0 Å². The van der Waals surface area contributed by atoms with Crippen molar-refractivity contribution in [1.29, 1.82) is 0 Å². The Balaban J connectivity index is 1.27. The molecule has 0 atom stereocenters. The summed E-state index contributed by atoms with van der Waals surface area (Å²) in [7, 11) is 0. The van der Waals surface area contributed by atoms with Crippen LogP contribution in [0.3, 0.4) is 0 Å². The third kappa shape index (κ3) is 5.21. The van der Waals surface area contributed by atoms with Gasteiger partial charge in [0.2, 0.25) is 5.91 Å². The summed E-state index contributed by atoms with van der Waals surface area (Å²) in [6, 6.07) is 15.8. The molecular formula is C23H24N4O2S2. The Morgan fingerprint density at radius 2 is 1.90 bits per heavy atom. The van der Waals surface area contributed by atoms with E-state index in [1.165, 1.54) is 22.9 Å². The van der Waals surface area contributed by atoms with Crippen molar-refractivity contribution in [2.45, 2.75) is 26.2 Å². The number of anilines is 2. The van der Waals surface area contributed by atoms with Crippen LogP contribution in [0, 0.1) is 0 Å². The van der Waals surface area contributed by atoms with E-state index in [2.05, 4.69) is 32.5 Å². The van der Waals surface area contributed by atoms with Crippen molar-refractivity contribution in [3.8, 4) is 0 Å². The molecule has 0 aliphatic carbocycles. The van der Waals surface area contributed by atoms with E-state index in [-0.39, 0.29) is 11.8 Å². The maximum absolute atomic E-state index is 12.5. The minimum atomic E-state index is -0.0723. The summed E-state index contributed by atoms with van der Waals surface area (Å²) >= 11 is 2.94. The molecule has 0 saturated heterocycles. The number of nitrogens with one attached hydrogen (secondary N) is 3. The van der Waals surface area contributed by atoms with Crippen molar-refractivity contribution in [2.75, 3.05) is 23.7 Å². The molecule has 4 rings (SSSR count). The van der Waals surface area contributed by atoms with Gasteiger partial charge in [0.05, 0.1) is 9.58 Å². The molecule has 6 nitrogen and oxygen atoms in total. The molecule has 0 saturated carbocycles. The Kier molecular flexibility index (Phi) is 6.79. The molecule has 2 aromatic heterocycles. The molecule has 2 aromatic carbocycles. The Bertz CT molecular complexity index is 1210. The number of hydrogen-bond acceptors (Lipinski definition) is 6. The number of rotatable bonds is 9. The molecule has 3 N–H and O–H groups in total. The fourth-order valence-corrected chi connectivity index (χ4v) is 5.00. The summed E-state index contributed by atoms with van der Waals surface area (Å²) in [6.45, 7) is 3.30. The van der Waals surface area contributed by atoms with Gasteiger partial charge >= 0.3 is 0 Å². The second kappa shape index (κ2) is 9.89. The van der Waals surface area contributed by atoms with Crippen molar-refractivity contribution in [2.24, 2.45) is 0 Å². The van der Waals surface area contributed by atoms with Crippen molar-refractivity contribution in [1.82, 2.24) is 9.69 Å². The number of fused-ring (bicyclic) bond motifs is 2. The summed E-state index contributed by atoms with van der Waals surface area (Å²) in [5.41, 5.74) is 0.761. The van der Waals surface area contributed by atoms with Crippen LogP contribution in [0.25, 0.3) is 20.2 Å². The van der Waals surface area contributed by atoms with Gasteiger partial charge in [-0.2, -0.15) is 4.37 Å². The molecule has 2 heterocycles. The maximum atomic E-state index is 12.5. The SMILES string of the molecule is CCCC(=O)Nc1ccc2sc(C(=O)NCCCNc3nsc4ccccc34)cc2c1. The standard InChI is InChI=1S/C23H24N4O2S2/c1-2-6-21(28)26-16-9-10-18-15(13-16)14-20(30-18)23(29)25-12-5-11-24-22-17-7-3-4-8-19(17)31-27-22/h3-4,7-10,13-14H,2,5-6,11-12H2,1H3,(H,24,27)(H,25,29)(H,26,28). The van der Waals surface area contributed by atoms with Crippen LogP contribution in [-0.2, 0) is 4.79 Å². The lowest BCUT2D eigenvalue weighted by atomic mass is 10.2. The molecule has 4 aromatic rings. The molecule has 0 aliphatic rings. The number of amides is 2. The summed E-state index contributed by atoms with van der Waals surface area (Å²) in [6.07, 6.45) is 2.12. The zero-order chi connectivity index (χ0) is 21.6. The fraction of sp³-hybridized carbons (Fsp3) is 0.261. The van der Waals surface area contributed by atoms with Crippen LogP contribution in [-0.4, -0.2) is 29.3 Å². The van der Waals surface area contributed by atoms with Gasteiger partial charge in [0.1, 0.15) is 5.82 Å². The van der Waals surface area contributed by atoms with Crippen LogP contribution in [0.1, 0.15) is 35.9 Å². The minimum absolute atomic E-state index is 0.00862. The zero-order valence-corrected chi connectivity index (χ0v) is 18.9. The van der Waals surface area contributed by atoms with E-state index in [4.69, 9.17) is 0 Å². The quantitative estimate of drug-likeness (QED) is 0.294. The second-order valence-electron chi connectivity index (χ2n) is 7.23. The predicted octanol–water partition coefficient (Wildman–Crippen LogP) is 5.48. The summed E-state index contributed by atoms with van der Waals surface area (Å²) in [5.74, 6) is 0.837. The van der Waals surface area contributed by atoms with E-state index >= 15 is 0 Å². The molecule has 0 spiro atoms. The Hall–Kier alpha value is -2.97. The number of nitrogens with zero attached hydrogens (tertiary/aromatic N) is 1. The molecule has 0 radical (unpaired) electrons. The molecule has 8 heteroatoms. The van der Waals surface area contributed by atoms with Gasteiger partial charge < -0.3 is 16.0 Å². The van der Waals surface area contributed by atoms with Crippen molar-refractivity contribution < 1.29 is 9.59 Å². The van der Waals surface area contributed by atoms with Gasteiger partial charge in [0.25, 0.3) is 5.91 Å². The molecule has 2 amide bonds. The average molecular weight is 453 g/mol. The minimum Gasteiger partial charge on any atom is -0.369 e. The van der Waals surface area contributed by atoms with Gasteiger partial charge in [-0.1, -0.05) is 19.1 Å². The third-order valence-electron chi connectivity index (χ3n) is 4.81. The number of aromatic nitrogens is 1. The first-order chi connectivity index (χ1) is 15.1. The Morgan fingerprint density at radius 3 is 2.77 bits per heavy atom. The van der Waals surface area contributed by atoms with E-state index < -0.39 is 0 Å². The first kappa shape index (κ1) is 21.3. The molecule has 31 heavy (non-hydrogen) atoms. The van der Waals surface area contributed by atoms with Crippen LogP contribution < -0.4 is 16.0 Å². The molecular weight excluding hydrogens is 428 g/mol. The number of hydrogen-bond donors (Lipinski definition) is 3. The van der Waals surface area contributed by atoms with Gasteiger partial charge in [0, 0.05) is 35.3 Å². The lowest BCUT2D eigenvalue weighted by Crippen LogP contribution is -2.25. The van der Waals surface area contributed by atoms with Crippen molar-refractivity contribution in [3.05, 3.63) is 53.4 Å². The van der Waals surface area contributed by atoms with Gasteiger partial charge in [-0.25, -0.2) is 0 Å². The van der Waals surface area contributed by atoms with Crippen LogP contribution >= 0.6 is 22.9 Å². The largest absolute Gasteiger partial charge is 0.369 e. The summed E-state index contributed by atoms with van der Waals surface area (Å²) in [4.78, 5) is 25.0. The number of carbonyl (C=O) groups excluding carboxylic acids is 2. The van der Waals surface area contributed by atoms with E-state index in [9.17, 15) is 9.59 Å². The van der Waals surface area contributed by atoms with E-state index in [1.807, 2.05) is 43.3 Å². The predicted molar refractivity (Wildman–Crippen MR) is 130 cm³/mol. The number of carbonyl (C=O) groups is 2. The maximum Gasteiger partial charge on any atom is 0.261 e. The monoisotopic (exact) mass is 452 g/mol. The van der Waals surface area contributed by atoms with E-state index in [0.29, 0.717) is 17.8 Å². The van der Waals surface area contributed by atoms with Gasteiger partial charge in [0.15, 0.2) is 0 Å². The number of benzene rings is 2. The summed E-state index contributed by atoms with van der Waals surface area (Å²) in [5, 5.41) is 11.3. The topological polar surface area (TPSA) is 83.1 Å². The summed E-state index contributed by atoms with van der Waals surface area (Å²) < 4.78 is 6.64. The third-order valence-corrected chi connectivity index (χ3v) is 6.75. The molecule has 0 aliphatic heterocycles. The average Bonchev–Trinajstić information content (AvgIpc) is 3.37. The molecule has 160 valence electrons. The van der Waals surface area contributed by atoms with E-state index in [0.717, 1.165) is 51.1 Å². The van der Waals surface area contributed by atoms with Gasteiger partial charge in [-0.15, -0.1) is 11.3 Å². The first-order valence-electron chi connectivity index (χ1n) is 10.3. The highest BCUT2D eigenvalue weighted by molar-refractivity contribution is 7.20. The first-order valence-corrected chi connectivity index (χ1v) is 11.9. The second-order valence-corrected chi connectivity index (χ2v) is 9.11. The van der Waals surface area contributed by atoms with Crippen molar-refractivity contribution in [3.63, 3.8) is 0 Å². The van der Waals surface area contributed by atoms with Crippen LogP contribution in [0.2, 0.25) is 0 Å². The molecule has 0 unspecified atom stereocenters. The fourth-order valence-electron chi connectivity index (χ4n) is 3.28. The van der Waals surface area contributed by atoms with Crippen LogP contribution in [0.15, 0.2) is 48.5 Å². The molecule has 0 fully saturated rings. The van der Waals surface area contributed by atoms with Gasteiger partial charge in [-0.05, 0) is 66.2 Å². The lowest BCUT2D eigenvalue weighted by Gasteiger charge is -2.05. The van der Waals surface area contributed by atoms with Crippen molar-refractivity contribution >= 4 is 66.4 Å². The Morgan fingerprint density at radius 1 is 1.03 bits per heavy atom. The van der Waals surface area contributed by atoms with Gasteiger partial charge in [-0.3, -0.25) is 9.59 Å². The smallest absolute Gasteiger partial charge is 0.261 e. The molecule has 0 bridgehead atoms. The highest BCUT2D eigenvalue weighted by Gasteiger charge is 2.11. The zero-order valence-electron chi connectivity index (χ0n) is 17.2. The number of thiophene rings is 1. The normalized spacial score (nSPS) is 11.0. The van der Waals surface area contributed by atoms with Crippen LogP contribution in [0.4, 0.5) is 11.5 Å². The highest BCUT2D eigenvalue weighted by Crippen LogP contribution is 2.28. The lowest BCUT2D eigenvalue weighted by molar-refractivity contribution is -0.116. The Labute approximate surface area is 188 Å².